The van der Waals surface area contributed by atoms with Crippen LogP contribution in [-0.2, 0) is 21.9 Å². The zero-order valence-corrected chi connectivity index (χ0v) is 16.5. The van der Waals surface area contributed by atoms with E-state index in [0.29, 0.717) is 18.7 Å². The van der Waals surface area contributed by atoms with E-state index in [1.54, 1.807) is 24.1 Å². The van der Waals surface area contributed by atoms with Crippen molar-refractivity contribution in [3.05, 3.63) is 71.5 Å². The molecule has 0 fully saturated rings. The first-order chi connectivity index (χ1) is 13.0. The molecule has 0 saturated carbocycles. The first-order valence-corrected chi connectivity index (χ1v) is 10.1. The Labute approximate surface area is 164 Å². The molecule has 4 nitrogen and oxygen atoms in total. The van der Waals surface area contributed by atoms with Crippen LogP contribution in [0.15, 0.2) is 54.6 Å². The van der Waals surface area contributed by atoms with Crippen molar-refractivity contribution in [2.24, 2.45) is 0 Å². The predicted molar refractivity (Wildman–Crippen MR) is 108 cm³/mol. The minimum atomic E-state index is -0.505. The molecule has 0 bridgehead atoms. The van der Waals surface area contributed by atoms with Crippen LogP contribution >= 0.6 is 11.8 Å². The van der Waals surface area contributed by atoms with Gasteiger partial charge in [0.05, 0.1) is 5.75 Å². The van der Waals surface area contributed by atoms with E-state index < -0.39 is 6.04 Å². The summed E-state index contributed by atoms with van der Waals surface area (Å²) in [5, 5.41) is 2.65. The molecule has 0 spiro atoms. The maximum Gasteiger partial charge on any atom is 0.242 e. The summed E-state index contributed by atoms with van der Waals surface area (Å²) in [7, 11) is 1.58. The lowest BCUT2D eigenvalue weighted by molar-refractivity contribution is -0.139. The van der Waals surface area contributed by atoms with Crippen LogP contribution < -0.4 is 5.32 Å². The van der Waals surface area contributed by atoms with Gasteiger partial charge < -0.3 is 10.2 Å². The summed E-state index contributed by atoms with van der Waals surface area (Å²) in [5.41, 5.74) is 1.94. The van der Waals surface area contributed by atoms with Crippen molar-refractivity contribution >= 4 is 23.6 Å². The zero-order valence-electron chi connectivity index (χ0n) is 15.7. The molecule has 0 saturated heterocycles. The fourth-order valence-corrected chi connectivity index (χ4v) is 3.66. The number of carbonyl (C=O) groups excluding carboxylic acids is 2. The summed E-state index contributed by atoms with van der Waals surface area (Å²) in [6.45, 7) is 2.29. The van der Waals surface area contributed by atoms with Crippen LogP contribution in [0.4, 0.5) is 4.39 Å². The maximum absolute atomic E-state index is 13.0. The van der Waals surface area contributed by atoms with Gasteiger partial charge in [-0.2, -0.15) is 0 Å². The van der Waals surface area contributed by atoms with Gasteiger partial charge in [-0.25, -0.2) is 4.39 Å². The molecule has 27 heavy (non-hydrogen) atoms. The van der Waals surface area contributed by atoms with E-state index in [1.807, 2.05) is 37.3 Å². The molecule has 0 aliphatic carbocycles. The van der Waals surface area contributed by atoms with Gasteiger partial charge in [-0.1, -0.05) is 49.4 Å². The quantitative estimate of drug-likeness (QED) is 0.714. The third-order valence-electron chi connectivity index (χ3n) is 4.24. The second-order valence-electron chi connectivity index (χ2n) is 6.16. The second kappa shape index (κ2) is 10.7. The SMILES string of the molecule is CC[C@@H](C(=O)NC)N(Cc1ccccc1)C(=O)CSCc1ccc(F)cc1. The van der Waals surface area contributed by atoms with Crippen molar-refractivity contribution in [2.75, 3.05) is 12.8 Å². The molecule has 0 heterocycles. The van der Waals surface area contributed by atoms with E-state index in [9.17, 15) is 14.0 Å². The molecule has 0 aliphatic heterocycles. The van der Waals surface area contributed by atoms with Crippen molar-refractivity contribution in [2.45, 2.75) is 31.7 Å². The van der Waals surface area contributed by atoms with Gasteiger partial charge in [0.1, 0.15) is 11.9 Å². The molecular formula is C21H25FN2O2S. The topological polar surface area (TPSA) is 49.4 Å². The second-order valence-corrected chi connectivity index (χ2v) is 7.15. The summed E-state index contributed by atoms with van der Waals surface area (Å²) in [6, 6.07) is 15.4. The number of likely N-dealkylation sites (N-methyl/N-ethyl adjacent to an activating group) is 1. The van der Waals surface area contributed by atoms with E-state index in [0.717, 1.165) is 11.1 Å². The molecule has 0 unspecified atom stereocenters. The molecular weight excluding hydrogens is 363 g/mol. The molecule has 1 N–H and O–H groups in total. The van der Waals surface area contributed by atoms with Gasteiger partial charge in [0.25, 0.3) is 0 Å². The van der Waals surface area contributed by atoms with Gasteiger partial charge in [-0.15, -0.1) is 11.8 Å². The van der Waals surface area contributed by atoms with Gasteiger partial charge in [0.2, 0.25) is 11.8 Å². The van der Waals surface area contributed by atoms with Gasteiger partial charge >= 0.3 is 0 Å². The summed E-state index contributed by atoms with van der Waals surface area (Å²) in [4.78, 5) is 26.8. The Hall–Kier alpha value is -2.34. The number of thioether (sulfide) groups is 1. The van der Waals surface area contributed by atoms with Gasteiger partial charge in [-0.3, -0.25) is 9.59 Å². The molecule has 0 aliphatic rings. The first kappa shape index (κ1) is 21.0. The number of nitrogens with zero attached hydrogens (tertiary/aromatic N) is 1. The standard InChI is InChI=1S/C21H25FN2O2S/c1-3-19(21(26)23-2)24(13-16-7-5-4-6-8-16)20(25)15-27-14-17-9-11-18(22)12-10-17/h4-12,19H,3,13-15H2,1-2H3,(H,23,26)/t19-/m0/s1. The van der Waals surface area contributed by atoms with Crippen LogP contribution in [0.2, 0.25) is 0 Å². The number of nitrogens with one attached hydrogen (secondary N) is 1. The fraction of sp³-hybridized carbons (Fsp3) is 0.333. The number of halogens is 1. The van der Waals surface area contributed by atoms with E-state index in [-0.39, 0.29) is 23.4 Å². The number of amides is 2. The van der Waals surface area contributed by atoms with E-state index in [4.69, 9.17) is 0 Å². The van der Waals surface area contributed by atoms with Crippen LogP contribution in [0.1, 0.15) is 24.5 Å². The van der Waals surface area contributed by atoms with E-state index in [1.165, 1.54) is 23.9 Å². The minimum absolute atomic E-state index is 0.0820. The highest BCUT2D eigenvalue weighted by Gasteiger charge is 2.27. The molecule has 2 aromatic rings. The van der Waals surface area contributed by atoms with Gasteiger partial charge in [-0.05, 0) is 29.7 Å². The molecule has 2 amide bonds. The highest BCUT2D eigenvalue weighted by atomic mass is 32.2. The average molecular weight is 389 g/mol. The fourth-order valence-electron chi connectivity index (χ4n) is 2.79. The van der Waals surface area contributed by atoms with E-state index >= 15 is 0 Å². The molecule has 2 aromatic carbocycles. The number of carbonyl (C=O) groups is 2. The molecule has 2 rings (SSSR count). The lowest BCUT2D eigenvalue weighted by atomic mass is 10.1. The third kappa shape index (κ3) is 6.40. The van der Waals surface area contributed by atoms with Crippen LogP contribution in [0, 0.1) is 5.82 Å². The smallest absolute Gasteiger partial charge is 0.242 e. The van der Waals surface area contributed by atoms with Crippen molar-refractivity contribution in [3.8, 4) is 0 Å². The molecule has 0 aromatic heterocycles. The Morgan fingerprint density at radius 2 is 1.74 bits per heavy atom. The predicted octanol–water partition coefficient (Wildman–Crippen LogP) is 3.61. The first-order valence-electron chi connectivity index (χ1n) is 8.92. The molecule has 0 radical (unpaired) electrons. The summed E-state index contributed by atoms with van der Waals surface area (Å²) < 4.78 is 13.0. The van der Waals surface area contributed by atoms with Crippen molar-refractivity contribution < 1.29 is 14.0 Å². The number of hydrogen-bond donors (Lipinski definition) is 1. The minimum Gasteiger partial charge on any atom is -0.357 e. The normalized spacial score (nSPS) is 11.7. The molecule has 1 atom stereocenters. The Kier molecular flexibility index (Phi) is 8.33. The molecule has 6 heteroatoms. The Bertz CT molecular complexity index is 738. The van der Waals surface area contributed by atoms with Crippen LogP contribution in [0.5, 0.6) is 0 Å². The third-order valence-corrected chi connectivity index (χ3v) is 5.22. The summed E-state index contributed by atoms with van der Waals surface area (Å²) in [5.74, 6) is 0.358. The highest BCUT2D eigenvalue weighted by Crippen LogP contribution is 2.17. The van der Waals surface area contributed by atoms with Crippen molar-refractivity contribution in [3.63, 3.8) is 0 Å². The summed E-state index contributed by atoms with van der Waals surface area (Å²) >= 11 is 1.46. The van der Waals surface area contributed by atoms with Gasteiger partial charge in [0, 0.05) is 19.3 Å². The lowest BCUT2D eigenvalue weighted by Gasteiger charge is -2.30. The zero-order chi connectivity index (χ0) is 19.6. The largest absolute Gasteiger partial charge is 0.357 e. The Morgan fingerprint density at radius 1 is 1.07 bits per heavy atom. The number of rotatable bonds is 9. The van der Waals surface area contributed by atoms with Crippen molar-refractivity contribution in [1.29, 1.82) is 0 Å². The van der Waals surface area contributed by atoms with Crippen LogP contribution in [0.25, 0.3) is 0 Å². The average Bonchev–Trinajstić information content (AvgIpc) is 2.69. The Balaban J connectivity index is 2.05. The van der Waals surface area contributed by atoms with Crippen molar-refractivity contribution in [1.82, 2.24) is 10.2 Å². The monoisotopic (exact) mass is 388 g/mol. The lowest BCUT2D eigenvalue weighted by Crippen LogP contribution is -2.48. The van der Waals surface area contributed by atoms with Gasteiger partial charge in [0.15, 0.2) is 0 Å². The van der Waals surface area contributed by atoms with Crippen LogP contribution in [0.3, 0.4) is 0 Å². The van der Waals surface area contributed by atoms with E-state index in [2.05, 4.69) is 5.32 Å². The summed E-state index contributed by atoms with van der Waals surface area (Å²) in [6.07, 6.45) is 0.543. The number of hydrogen-bond acceptors (Lipinski definition) is 3. The molecule has 144 valence electrons. The number of benzene rings is 2. The Morgan fingerprint density at radius 3 is 2.33 bits per heavy atom. The van der Waals surface area contributed by atoms with Crippen LogP contribution in [-0.4, -0.2) is 35.6 Å². The maximum atomic E-state index is 13.0. The highest BCUT2D eigenvalue weighted by molar-refractivity contribution is 7.99.